The van der Waals surface area contributed by atoms with E-state index in [2.05, 4.69) is 15.2 Å². The van der Waals surface area contributed by atoms with E-state index in [1.807, 2.05) is 46.2 Å². The molecule has 0 fully saturated rings. The molecule has 0 aliphatic rings. The van der Waals surface area contributed by atoms with Crippen LogP contribution in [0.15, 0.2) is 46.9 Å². The van der Waals surface area contributed by atoms with Gasteiger partial charge in [-0.3, -0.25) is 9.20 Å². The standard InChI is InChI=1S/C16H14N4OS2/c21-13(14-8-4-9-22-14)7-3-10-23-16-19-18-15-17-11-5-1-2-6-12(11)20(15)16/h1-2,4-6,8-9H,3,7,10H2,(H,17,18). The number of carbonyl (C=O) groups is 1. The number of nitrogens with zero attached hydrogens (tertiary/aromatic N) is 3. The number of imidazole rings is 1. The second-order valence-corrected chi connectivity index (χ2v) is 7.13. The van der Waals surface area contributed by atoms with Crippen molar-refractivity contribution in [1.82, 2.24) is 19.6 Å². The van der Waals surface area contributed by atoms with Crippen molar-refractivity contribution in [3.8, 4) is 0 Å². The van der Waals surface area contributed by atoms with Crippen LogP contribution < -0.4 is 0 Å². The van der Waals surface area contributed by atoms with Gasteiger partial charge < -0.3 is 0 Å². The molecule has 1 N–H and O–H groups in total. The number of thioether (sulfide) groups is 1. The molecule has 23 heavy (non-hydrogen) atoms. The van der Waals surface area contributed by atoms with Crippen LogP contribution in [0.2, 0.25) is 0 Å². The van der Waals surface area contributed by atoms with Gasteiger partial charge in [0.2, 0.25) is 5.78 Å². The number of benzene rings is 1. The molecule has 0 spiro atoms. The van der Waals surface area contributed by atoms with Gasteiger partial charge in [-0.2, -0.15) is 0 Å². The van der Waals surface area contributed by atoms with Crippen molar-refractivity contribution in [1.29, 1.82) is 0 Å². The van der Waals surface area contributed by atoms with E-state index in [1.54, 1.807) is 11.8 Å². The fourth-order valence-electron chi connectivity index (χ4n) is 2.50. The average molecular weight is 342 g/mol. The molecule has 3 heterocycles. The molecule has 1 aromatic carbocycles. The number of fused-ring (bicyclic) bond motifs is 3. The van der Waals surface area contributed by atoms with Gasteiger partial charge in [0.1, 0.15) is 0 Å². The molecule has 0 bridgehead atoms. The highest BCUT2D eigenvalue weighted by Gasteiger charge is 2.12. The second kappa shape index (κ2) is 6.17. The Labute approximate surface area is 140 Å². The fraction of sp³-hybridized carbons (Fsp3) is 0.188. The highest BCUT2D eigenvalue weighted by Crippen LogP contribution is 2.24. The lowest BCUT2D eigenvalue weighted by molar-refractivity contribution is 0.0986. The Bertz CT molecular complexity index is 955. The summed E-state index contributed by atoms with van der Waals surface area (Å²) in [6, 6.07) is 11.8. The Balaban J connectivity index is 1.43. The van der Waals surface area contributed by atoms with Crippen LogP contribution in [0.3, 0.4) is 0 Å². The predicted octanol–water partition coefficient (Wildman–Crippen LogP) is 4.03. The third kappa shape index (κ3) is 2.77. The number of H-pyrrole nitrogens is 1. The van der Waals surface area contributed by atoms with Gasteiger partial charge in [0.15, 0.2) is 10.9 Å². The lowest BCUT2D eigenvalue weighted by Crippen LogP contribution is -1.97. The molecular weight excluding hydrogens is 328 g/mol. The minimum Gasteiger partial charge on any atom is -0.293 e. The van der Waals surface area contributed by atoms with Gasteiger partial charge in [-0.15, -0.1) is 16.4 Å². The fourth-order valence-corrected chi connectivity index (χ4v) is 4.09. The molecule has 3 aromatic heterocycles. The van der Waals surface area contributed by atoms with Crippen LogP contribution in [0.1, 0.15) is 22.5 Å². The van der Waals surface area contributed by atoms with Crippen molar-refractivity contribution in [3.05, 3.63) is 46.7 Å². The van der Waals surface area contributed by atoms with Crippen molar-refractivity contribution in [3.63, 3.8) is 0 Å². The van der Waals surface area contributed by atoms with E-state index >= 15 is 0 Å². The zero-order valence-corrected chi connectivity index (χ0v) is 13.9. The molecule has 4 aromatic rings. The summed E-state index contributed by atoms with van der Waals surface area (Å²) < 4.78 is 2.03. The van der Waals surface area contributed by atoms with E-state index in [0.29, 0.717) is 6.42 Å². The molecule has 0 saturated carbocycles. The minimum absolute atomic E-state index is 0.223. The number of Topliss-reactive ketones (excluding diaryl/α,β-unsaturated/α-hetero) is 1. The Kier molecular flexibility index (Phi) is 3.88. The molecule has 116 valence electrons. The molecule has 5 nitrogen and oxygen atoms in total. The monoisotopic (exact) mass is 342 g/mol. The maximum atomic E-state index is 12.0. The summed E-state index contributed by atoms with van der Waals surface area (Å²) in [6.07, 6.45) is 1.41. The normalized spacial score (nSPS) is 11.5. The van der Waals surface area contributed by atoms with Crippen LogP contribution >= 0.6 is 23.1 Å². The summed E-state index contributed by atoms with van der Waals surface area (Å²) in [5.41, 5.74) is 2.00. The summed E-state index contributed by atoms with van der Waals surface area (Å²) >= 11 is 3.15. The Morgan fingerprint density at radius 2 is 2.17 bits per heavy atom. The number of aromatic nitrogens is 4. The molecule has 0 unspecified atom stereocenters. The van der Waals surface area contributed by atoms with E-state index in [-0.39, 0.29) is 5.78 Å². The minimum atomic E-state index is 0.223. The largest absolute Gasteiger partial charge is 0.293 e. The predicted molar refractivity (Wildman–Crippen MR) is 93.5 cm³/mol. The number of hydrogen-bond donors (Lipinski definition) is 1. The SMILES string of the molecule is O=C(CCCSc1n[nH]c2nc3ccccc3n12)c1cccs1. The third-order valence-electron chi connectivity index (χ3n) is 3.58. The van der Waals surface area contributed by atoms with Crippen molar-refractivity contribution in [2.45, 2.75) is 18.0 Å². The summed E-state index contributed by atoms with van der Waals surface area (Å²) in [5, 5.41) is 10.1. The van der Waals surface area contributed by atoms with E-state index in [0.717, 1.165) is 39.0 Å². The van der Waals surface area contributed by atoms with Crippen LogP contribution in [0.4, 0.5) is 0 Å². The van der Waals surface area contributed by atoms with Crippen LogP contribution in [-0.2, 0) is 0 Å². The number of para-hydroxylation sites is 2. The summed E-state index contributed by atoms with van der Waals surface area (Å²) in [4.78, 5) is 17.3. The van der Waals surface area contributed by atoms with Crippen molar-refractivity contribution >= 4 is 45.7 Å². The van der Waals surface area contributed by atoms with Gasteiger partial charge in [-0.1, -0.05) is 30.0 Å². The maximum Gasteiger partial charge on any atom is 0.231 e. The lowest BCUT2D eigenvalue weighted by Gasteiger charge is -1.99. The van der Waals surface area contributed by atoms with Crippen molar-refractivity contribution < 1.29 is 4.79 Å². The van der Waals surface area contributed by atoms with Gasteiger partial charge in [0.05, 0.1) is 15.9 Å². The molecule has 7 heteroatoms. The summed E-state index contributed by atoms with van der Waals surface area (Å²) in [5.74, 6) is 1.83. The number of nitrogens with one attached hydrogen (secondary N) is 1. The van der Waals surface area contributed by atoms with Gasteiger partial charge >= 0.3 is 0 Å². The number of carbonyl (C=O) groups excluding carboxylic acids is 1. The van der Waals surface area contributed by atoms with Crippen LogP contribution in [0.25, 0.3) is 16.8 Å². The van der Waals surface area contributed by atoms with Gasteiger partial charge in [-0.05, 0) is 30.0 Å². The van der Waals surface area contributed by atoms with Crippen LogP contribution in [0, 0.1) is 0 Å². The average Bonchev–Trinajstić information content (AvgIpc) is 3.28. The van der Waals surface area contributed by atoms with Crippen molar-refractivity contribution in [2.75, 3.05) is 5.75 Å². The first-order valence-electron chi connectivity index (χ1n) is 7.34. The molecule has 0 radical (unpaired) electrons. The molecule has 0 saturated heterocycles. The second-order valence-electron chi connectivity index (χ2n) is 5.12. The third-order valence-corrected chi connectivity index (χ3v) is 5.51. The molecule has 0 atom stereocenters. The van der Waals surface area contributed by atoms with E-state index in [4.69, 9.17) is 0 Å². The summed E-state index contributed by atoms with van der Waals surface area (Å²) in [7, 11) is 0. The first-order valence-corrected chi connectivity index (χ1v) is 9.20. The van der Waals surface area contributed by atoms with Gasteiger partial charge in [0.25, 0.3) is 0 Å². The lowest BCUT2D eigenvalue weighted by atomic mass is 10.2. The number of ketones is 1. The molecule has 0 aliphatic heterocycles. The topological polar surface area (TPSA) is 63.0 Å². The Morgan fingerprint density at radius 1 is 1.26 bits per heavy atom. The van der Waals surface area contributed by atoms with Crippen LogP contribution in [-0.4, -0.2) is 31.1 Å². The number of aromatic amines is 1. The Morgan fingerprint density at radius 3 is 3.04 bits per heavy atom. The van der Waals surface area contributed by atoms with Crippen LogP contribution in [0.5, 0.6) is 0 Å². The molecule has 4 rings (SSSR count). The number of rotatable bonds is 6. The van der Waals surface area contributed by atoms with E-state index in [9.17, 15) is 4.79 Å². The maximum absolute atomic E-state index is 12.0. The zero-order valence-electron chi connectivity index (χ0n) is 12.2. The van der Waals surface area contributed by atoms with Gasteiger partial charge in [-0.25, -0.2) is 10.1 Å². The molecule has 0 aliphatic carbocycles. The first kappa shape index (κ1) is 14.5. The summed E-state index contributed by atoms with van der Waals surface area (Å²) in [6.45, 7) is 0. The molecule has 0 amide bonds. The van der Waals surface area contributed by atoms with Crippen molar-refractivity contribution in [2.24, 2.45) is 0 Å². The molecular formula is C16H14N4OS2. The highest BCUT2D eigenvalue weighted by atomic mass is 32.2. The zero-order chi connectivity index (χ0) is 15.6. The van der Waals surface area contributed by atoms with Gasteiger partial charge in [0, 0.05) is 12.2 Å². The smallest absolute Gasteiger partial charge is 0.231 e. The number of thiophene rings is 1. The highest BCUT2D eigenvalue weighted by molar-refractivity contribution is 7.99. The number of hydrogen-bond acceptors (Lipinski definition) is 5. The van der Waals surface area contributed by atoms with E-state index < -0.39 is 0 Å². The quantitative estimate of drug-likeness (QED) is 0.326. The Hall–Kier alpha value is -2.12. The van der Waals surface area contributed by atoms with E-state index in [1.165, 1.54) is 11.3 Å². The first-order chi connectivity index (χ1) is 11.3.